The number of aromatic nitrogens is 4. The quantitative estimate of drug-likeness (QED) is 0.670. The van der Waals surface area contributed by atoms with Crippen molar-refractivity contribution in [1.29, 1.82) is 5.26 Å². The van der Waals surface area contributed by atoms with Gasteiger partial charge < -0.3 is 15.2 Å². The summed E-state index contributed by atoms with van der Waals surface area (Å²) in [5.41, 5.74) is 1.50. The minimum absolute atomic E-state index is 0. The number of pyridine rings is 1. The van der Waals surface area contributed by atoms with Crippen molar-refractivity contribution < 1.29 is 6.22 Å². The minimum Gasteiger partial charge on any atom is -0.345 e. The maximum absolute atomic E-state index is 12.3. The van der Waals surface area contributed by atoms with Crippen LogP contribution in [0.25, 0.3) is 22.4 Å². The van der Waals surface area contributed by atoms with Gasteiger partial charge in [-0.2, -0.15) is 5.26 Å². The average molecular weight is 384 g/mol. The predicted molar refractivity (Wildman–Crippen MR) is 103 cm³/mol. The van der Waals surface area contributed by atoms with Gasteiger partial charge in [-0.05, 0) is 25.0 Å². The van der Waals surface area contributed by atoms with Crippen LogP contribution in [0.15, 0.2) is 30.7 Å². The maximum Gasteiger partial charge on any atom is 0.243 e. The van der Waals surface area contributed by atoms with Crippen molar-refractivity contribution in [1.82, 2.24) is 25.3 Å². The zero-order valence-corrected chi connectivity index (χ0v) is 15.1. The summed E-state index contributed by atoms with van der Waals surface area (Å²) < 4.78 is 0. The molecule has 0 saturated carbocycles. The van der Waals surface area contributed by atoms with Crippen molar-refractivity contribution in [2.24, 2.45) is 0 Å². The minimum atomic E-state index is -0.333. The van der Waals surface area contributed by atoms with Crippen LogP contribution in [-0.2, 0) is 4.79 Å². The first-order valence-electron chi connectivity index (χ1n) is 8.54. The average Bonchev–Trinajstić information content (AvgIpc) is 3.33. The van der Waals surface area contributed by atoms with Crippen LogP contribution >= 0.6 is 11.6 Å². The zero-order valence-electron chi connectivity index (χ0n) is 14.3. The molecule has 27 heavy (non-hydrogen) atoms. The van der Waals surface area contributed by atoms with Crippen molar-refractivity contribution in [3.8, 4) is 17.5 Å². The molecule has 1 aliphatic rings. The van der Waals surface area contributed by atoms with Crippen LogP contribution in [0.5, 0.6) is 0 Å². The van der Waals surface area contributed by atoms with Crippen LogP contribution in [0.3, 0.4) is 0 Å². The summed E-state index contributed by atoms with van der Waals surface area (Å²) in [5.74, 6) is 1.06. The van der Waals surface area contributed by atoms with E-state index in [1.807, 2.05) is 17.0 Å². The normalized spacial score (nSPS) is 16.4. The molecule has 0 radical (unpaired) electrons. The Morgan fingerprint density at radius 1 is 1.52 bits per heavy atom. The van der Waals surface area contributed by atoms with Crippen LogP contribution in [0.1, 0.15) is 14.3 Å². The maximum atomic E-state index is 12.3. The van der Waals surface area contributed by atoms with Gasteiger partial charge in [0.15, 0.2) is 5.82 Å². The molecule has 1 amide bonds. The van der Waals surface area contributed by atoms with Crippen LogP contribution in [0.4, 0.5) is 5.82 Å². The summed E-state index contributed by atoms with van der Waals surface area (Å²) in [7, 11) is 0. The number of fused-ring (bicyclic) bond motifs is 1. The summed E-state index contributed by atoms with van der Waals surface area (Å²) in [4.78, 5) is 30.7. The van der Waals surface area contributed by atoms with Crippen molar-refractivity contribution in [2.45, 2.75) is 18.9 Å². The highest BCUT2D eigenvalue weighted by Crippen LogP contribution is 2.30. The molecule has 9 heteroatoms. The number of carbonyl (C=O) groups excluding carboxylic acids is 1. The van der Waals surface area contributed by atoms with Crippen LogP contribution in [-0.4, -0.2) is 45.0 Å². The van der Waals surface area contributed by atoms with Crippen LogP contribution < -0.4 is 10.2 Å². The van der Waals surface area contributed by atoms with Crippen molar-refractivity contribution in [3.05, 3.63) is 35.7 Å². The third kappa shape index (κ3) is 3.29. The predicted octanol–water partition coefficient (Wildman–Crippen LogP) is 2.53. The van der Waals surface area contributed by atoms with Gasteiger partial charge in [0.05, 0.1) is 11.1 Å². The van der Waals surface area contributed by atoms with Gasteiger partial charge in [0.25, 0.3) is 0 Å². The molecule has 0 unspecified atom stereocenters. The topological polar surface area (TPSA) is 111 Å². The Morgan fingerprint density at radius 3 is 3.26 bits per heavy atom. The Morgan fingerprint density at radius 2 is 2.41 bits per heavy atom. The number of halogens is 1. The van der Waals surface area contributed by atoms with Gasteiger partial charge >= 0.3 is 0 Å². The van der Waals surface area contributed by atoms with Gasteiger partial charge in [0.2, 0.25) is 5.91 Å². The Kier molecular flexibility index (Phi) is 4.60. The highest BCUT2D eigenvalue weighted by atomic mass is 35.5. The lowest BCUT2D eigenvalue weighted by molar-refractivity contribution is -0.121. The zero-order chi connectivity index (χ0) is 18.8. The highest BCUT2D eigenvalue weighted by Gasteiger charge is 2.31. The lowest BCUT2D eigenvalue weighted by atomic mass is 10.2. The molecule has 1 aliphatic heterocycles. The van der Waals surface area contributed by atoms with Gasteiger partial charge in [-0.3, -0.25) is 4.79 Å². The standard InChI is InChI=1S/C18H16ClN7O.H2/c19-11-8-12-13(10-24-16(12)23-9-11)17-21-5-3-15(25-17)26-7-1-2-14(26)18(27)22-6-4-20;/h3,5,8-10,14H,1-2,6-7H2,(H,22,27)(H,23,24);1H/t14-;/m1./s1. The molecule has 1 fully saturated rings. The molecule has 4 rings (SSSR count). The van der Waals surface area contributed by atoms with E-state index in [2.05, 4.69) is 25.3 Å². The number of anilines is 1. The summed E-state index contributed by atoms with van der Waals surface area (Å²) in [5, 5.41) is 12.7. The van der Waals surface area contributed by atoms with Gasteiger partial charge in [-0.15, -0.1) is 0 Å². The largest absolute Gasteiger partial charge is 0.345 e. The summed E-state index contributed by atoms with van der Waals surface area (Å²) >= 11 is 6.07. The summed E-state index contributed by atoms with van der Waals surface area (Å²) in [6.45, 7) is 0.726. The lowest BCUT2D eigenvalue weighted by Crippen LogP contribution is -2.43. The number of carbonyl (C=O) groups is 1. The number of nitriles is 1. The van der Waals surface area contributed by atoms with E-state index in [1.165, 1.54) is 0 Å². The molecular formula is C18H18ClN7O. The van der Waals surface area contributed by atoms with E-state index in [-0.39, 0.29) is 19.9 Å². The number of nitrogens with zero attached hydrogens (tertiary/aromatic N) is 5. The third-order valence-corrected chi connectivity index (χ3v) is 4.78. The molecule has 4 heterocycles. The Bertz CT molecular complexity index is 1050. The molecule has 0 aliphatic carbocycles. The second-order valence-electron chi connectivity index (χ2n) is 6.22. The first kappa shape index (κ1) is 17.2. The van der Waals surface area contributed by atoms with Gasteiger partial charge in [-0.25, -0.2) is 15.0 Å². The fourth-order valence-corrected chi connectivity index (χ4v) is 3.52. The van der Waals surface area contributed by atoms with E-state index in [0.717, 1.165) is 30.3 Å². The number of hydrogen-bond acceptors (Lipinski definition) is 6. The number of hydrogen-bond donors (Lipinski definition) is 2. The fraction of sp³-hybridized carbons (Fsp3) is 0.278. The lowest BCUT2D eigenvalue weighted by Gasteiger charge is -2.24. The molecule has 3 aromatic rings. The van der Waals surface area contributed by atoms with Crippen LogP contribution in [0.2, 0.25) is 5.02 Å². The fourth-order valence-electron chi connectivity index (χ4n) is 3.36. The molecule has 3 aromatic heterocycles. The molecule has 2 N–H and O–H groups in total. The van der Waals surface area contributed by atoms with E-state index in [0.29, 0.717) is 22.3 Å². The Labute approximate surface area is 161 Å². The second kappa shape index (κ2) is 7.21. The first-order chi connectivity index (χ1) is 13.2. The first-order valence-corrected chi connectivity index (χ1v) is 8.92. The van der Waals surface area contributed by atoms with E-state index in [4.69, 9.17) is 16.9 Å². The smallest absolute Gasteiger partial charge is 0.243 e. The van der Waals surface area contributed by atoms with Crippen molar-refractivity contribution in [3.63, 3.8) is 0 Å². The van der Waals surface area contributed by atoms with Crippen molar-refractivity contribution in [2.75, 3.05) is 18.0 Å². The molecular weight excluding hydrogens is 366 g/mol. The summed E-state index contributed by atoms with van der Waals surface area (Å²) in [6.07, 6.45) is 6.67. The molecule has 138 valence electrons. The Balaban J connectivity index is 0.00000225. The molecule has 1 saturated heterocycles. The highest BCUT2D eigenvalue weighted by molar-refractivity contribution is 6.31. The molecule has 8 nitrogen and oxygen atoms in total. The molecule has 0 bridgehead atoms. The molecule has 0 aromatic carbocycles. The number of rotatable bonds is 4. The Hall–Kier alpha value is -3.18. The third-order valence-electron chi connectivity index (χ3n) is 4.57. The molecule has 0 spiro atoms. The van der Waals surface area contributed by atoms with E-state index in [9.17, 15) is 4.79 Å². The monoisotopic (exact) mass is 383 g/mol. The van der Waals surface area contributed by atoms with E-state index < -0.39 is 0 Å². The number of nitrogens with one attached hydrogen (secondary N) is 2. The van der Waals surface area contributed by atoms with E-state index in [1.54, 1.807) is 24.7 Å². The molecule has 1 atom stereocenters. The number of aromatic amines is 1. The van der Waals surface area contributed by atoms with Gasteiger partial charge in [0, 0.05) is 37.5 Å². The van der Waals surface area contributed by atoms with Crippen LogP contribution in [0, 0.1) is 11.3 Å². The van der Waals surface area contributed by atoms with Crippen molar-refractivity contribution >= 4 is 34.4 Å². The summed E-state index contributed by atoms with van der Waals surface area (Å²) in [6, 6.07) is 5.21. The number of H-pyrrole nitrogens is 1. The SMILES string of the molecule is N#CCNC(=O)[C@H]1CCCN1c1ccnc(-c2c[nH]c3ncc(Cl)cc23)n1.[HH]. The number of amides is 1. The van der Waals surface area contributed by atoms with E-state index >= 15 is 0 Å². The van der Waals surface area contributed by atoms with Gasteiger partial charge in [0.1, 0.15) is 24.1 Å². The van der Waals surface area contributed by atoms with Gasteiger partial charge in [-0.1, -0.05) is 11.6 Å². The second-order valence-corrected chi connectivity index (χ2v) is 6.65.